The van der Waals surface area contributed by atoms with E-state index in [1.807, 2.05) is 0 Å². The molecule has 5 N–H and O–H groups in total. The number of nitro groups is 1. The lowest BCUT2D eigenvalue weighted by Crippen LogP contribution is -2.20. The molecule has 0 radical (unpaired) electrons. The maximum absolute atomic E-state index is 10.6. The second kappa shape index (κ2) is 6.40. The van der Waals surface area contributed by atoms with Crippen molar-refractivity contribution < 1.29 is 14.5 Å². The molecule has 1 aromatic carbocycles. The van der Waals surface area contributed by atoms with Gasteiger partial charge >= 0.3 is 0 Å². The molecular formula is C10H14N4O4. The van der Waals surface area contributed by atoms with E-state index in [9.17, 15) is 14.9 Å². The van der Waals surface area contributed by atoms with Crippen molar-refractivity contribution in [1.82, 2.24) is 0 Å². The first-order chi connectivity index (χ1) is 8.49. The molecule has 0 aliphatic heterocycles. The standard InChI is InChI=1S/C10H14N4O4/c11-7-3-8(5-9(4-7)14(16)17)13-1-2-18-6-10(12)15/h3-5,13H,1-2,6,11H2,(H2,12,15). The zero-order valence-corrected chi connectivity index (χ0v) is 9.59. The highest BCUT2D eigenvalue weighted by Crippen LogP contribution is 2.21. The zero-order valence-electron chi connectivity index (χ0n) is 9.59. The van der Waals surface area contributed by atoms with Crippen LogP contribution < -0.4 is 16.8 Å². The van der Waals surface area contributed by atoms with Crippen LogP contribution in [-0.2, 0) is 9.53 Å². The zero-order chi connectivity index (χ0) is 13.5. The van der Waals surface area contributed by atoms with Gasteiger partial charge in [0, 0.05) is 30.1 Å². The molecule has 1 amide bonds. The van der Waals surface area contributed by atoms with Crippen molar-refractivity contribution in [1.29, 1.82) is 0 Å². The van der Waals surface area contributed by atoms with Crippen LogP contribution in [0.4, 0.5) is 17.1 Å². The van der Waals surface area contributed by atoms with E-state index in [1.165, 1.54) is 12.1 Å². The van der Waals surface area contributed by atoms with Gasteiger partial charge < -0.3 is 21.5 Å². The number of ether oxygens (including phenoxy) is 1. The van der Waals surface area contributed by atoms with Crippen LogP contribution in [0.15, 0.2) is 18.2 Å². The number of nitrogens with two attached hydrogens (primary N) is 2. The van der Waals surface area contributed by atoms with Crippen LogP contribution in [0, 0.1) is 10.1 Å². The first-order valence-electron chi connectivity index (χ1n) is 5.14. The van der Waals surface area contributed by atoms with Gasteiger partial charge in [-0.2, -0.15) is 0 Å². The van der Waals surface area contributed by atoms with E-state index in [2.05, 4.69) is 5.32 Å². The van der Waals surface area contributed by atoms with Crippen molar-refractivity contribution in [2.24, 2.45) is 5.73 Å². The Kier molecular flexibility index (Phi) is 4.88. The first-order valence-corrected chi connectivity index (χ1v) is 5.14. The number of carbonyl (C=O) groups is 1. The van der Waals surface area contributed by atoms with Crippen molar-refractivity contribution in [2.75, 3.05) is 30.8 Å². The van der Waals surface area contributed by atoms with E-state index in [4.69, 9.17) is 16.2 Å². The lowest BCUT2D eigenvalue weighted by molar-refractivity contribution is -0.384. The highest BCUT2D eigenvalue weighted by Gasteiger charge is 2.07. The molecule has 0 unspecified atom stereocenters. The minimum Gasteiger partial charge on any atom is -0.398 e. The number of amides is 1. The van der Waals surface area contributed by atoms with Gasteiger partial charge in [-0.25, -0.2) is 0 Å². The van der Waals surface area contributed by atoms with Crippen molar-refractivity contribution in [3.63, 3.8) is 0 Å². The van der Waals surface area contributed by atoms with Gasteiger partial charge in [0.1, 0.15) is 6.61 Å². The number of rotatable bonds is 7. The molecule has 0 saturated heterocycles. The fourth-order valence-corrected chi connectivity index (χ4v) is 1.28. The number of hydrogen-bond donors (Lipinski definition) is 3. The molecule has 1 aromatic rings. The molecule has 98 valence electrons. The minimum atomic E-state index is -0.547. The third kappa shape index (κ3) is 4.66. The number of carbonyl (C=O) groups excluding carboxylic acids is 1. The molecule has 8 heteroatoms. The number of nitrogen functional groups attached to an aromatic ring is 1. The Bertz CT molecular complexity index is 450. The minimum absolute atomic E-state index is 0.0874. The Morgan fingerprint density at radius 3 is 2.78 bits per heavy atom. The van der Waals surface area contributed by atoms with Gasteiger partial charge in [0.15, 0.2) is 0 Å². The summed E-state index contributed by atoms with van der Waals surface area (Å²) in [6.45, 7) is 0.484. The molecule has 0 fully saturated rings. The molecule has 0 spiro atoms. The van der Waals surface area contributed by atoms with Crippen molar-refractivity contribution in [3.05, 3.63) is 28.3 Å². The SMILES string of the molecule is NC(=O)COCCNc1cc(N)cc([N+](=O)[O-])c1. The van der Waals surface area contributed by atoms with E-state index < -0.39 is 10.8 Å². The van der Waals surface area contributed by atoms with Gasteiger partial charge in [-0.3, -0.25) is 14.9 Å². The van der Waals surface area contributed by atoms with E-state index in [-0.39, 0.29) is 18.9 Å². The van der Waals surface area contributed by atoms with Crippen molar-refractivity contribution in [2.45, 2.75) is 0 Å². The van der Waals surface area contributed by atoms with Crippen molar-refractivity contribution in [3.8, 4) is 0 Å². The lowest BCUT2D eigenvalue weighted by atomic mass is 10.2. The summed E-state index contributed by atoms with van der Waals surface area (Å²) in [7, 11) is 0. The van der Waals surface area contributed by atoms with E-state index in [0.29, 0.717) is 17.9 Å². The summed E-state index contributed by atoms with van der Waals surface area (Å²) < 4.78 is 4.92. The van der Waals surface area contributed by atoms with Crippen LogP contribution in [0.1, 0.15) is 0 Å². The average Bonchev–Trinajstić information content (AvgIpc) is 2.27. The molecule has 0 aliphatic rings. The van der Waals surface area contributed by atoms with Gasteiger partial charge in [0.25, 0.3) is 5.69 Å². The van der Waals surface area contributed by atoms with E-state index >= 15 is 0 Å². The number of non-ortho nitro benzene ring substituents is 1. The molecule has 0 heterocycles. The Labute approximate surface area is 103 Å². The quantitative estimate of drug-likeness (QED) is 0.273. The molecule has 18 heavy (non-hydrogen) atoms. The molecular weight excluding hydrogens is 240 g/mol. The number of nitro benzene ring substituents is 1. The second-order valence-corrected chi connectivity index (χ2v) is 3.52. The predicted molar refractivity (Wildman–Crippen MR) is 66.0 cm³/mol. The number of nitrogens with zero attached hydrogens (tertiary/aromatic N) is 1. The van der Waals surface area contributed by atoms with Crippen molar-refractivity contribution >= 4 is 23.0 Å². The largest absolute Gasteiger partial charge is 0.398 e. The van der Waals surface area contributed by atoms with Crippen LogP contribution in [-0.4, -0.2) is 30.6 Å². The van der Waals surface area contributed by atoms with Crippen LogP contribution >= 0.6 is 0 Å². The van der Waals surface area contributed by atoms with Crippen LogP contribution in [0.5, 0.6) is 0 Å². The van der Waals surface area contributed by atoms with Crippen LogP contribution in [0.3, 0.4) is 0 Å². The Morgan fingerprint density at radius 2 is 2.17 bits per heavy atom. The molecule has 0 saturated carbocycles. The fourth-order valence-electron chi connectivity index (χ4n) is 1.28. The summed E-state index contributed by atoms with van der Waals surface area (Å²) in [6.07, 6.45) is 0. The van der Waals surface area contributed by atoms with Crippen LogP contribution in [0.25, 0.3) is 0 Å². The number of nitrogens with one attached hydrogen (secondary N) is 1. The Balaban J connectivity index is 2.47. The van der Waals surface area contributed by atoms with E-state index in [1.54, 1.807) is 6.07 Å². The average molecular weight is 254 g/mol. The Morgan fingerprint density at radius 1 is 1.44 bits per heavy atom. The maximum Gasteiger partial charge on any atom is 0.273 e. The van der Waals surface area contributed by atoms with Gasteiger partial charge in [-0.1, -0.05) is 0 Å². The molecule has 8 nitrogen and oxygen atoms in total. The highest BCUT2D eigenvalue weighted by atomic mass is 16.6. The van der Waals surface area contributed by atoms with Gasteiger partial charge in [-0.05, 0) is 6.07 Å². The smallest absolute Gasteiger partial charge is 0.273 e. The second-order valence-electron chi connectivity index (χ2n) is 3.52. The highest BCUT2D eigenvalue weighted by molar-refractivity contribution is 5.74. The summed E-state index contributed by atoms with van der Waals surface area (Å²) >= 11 is 0. The molecule has 0 aliphatic carbocycles. The summed E-state index contributed by atoms with van der Waals surface area (Å²) in [5, 5.41) is 13.5. The third-order valence-electron chi connectivity index (χ3n) is 1.97. The predicted octanol–water partition coefficient (Wildman–Crippen LogP) is 0.0908. The molecule has 1 rings (SSSR count). The summed E-state index contributed by atoms with van der Waals surface area (Å²) in [5.41, 5.74) is 11.1. The molecule has 0 bridgehead atoms. The number of primary amides is 1. The maximum atomic E-state index is 10.6. The summed E-state index contributed by atoms with van der Waals surface area (Å²) in [4.78, 5) is 20.5. The van der Waals surface area contributed by atoms with E-state index in [0.717, 1.165) is 0 Å². The van der Waals surface area contributed by atoms with Crippen LogP contribution in [0.2, 0.25) is 0 Å². The van der Waals surface area contributed by atoms with Gasteiger partial charge in [0.2, 0.25) is 5.91 Å². The Hall–Kier alpha value is -2.35. The normalized spacial score (nSPS) is 10.0. The number of hydrogen-bond acceptors (Lipinski definition) is 6. The molecule has 0 aromatic heterocycles. The number of benzene rings is 1. The first kappa shape index (κ1) is 13.7. The summed E-state index contributed by atoms with van der Waals surface area (Å²) in [6, 6.07) is 4.21. The fraction of sp³-hybridized carbons (Fsp3) is 0.300. The topological polar surface area (TPSA) is 134 Å². The monoisotopic (exact) mass is 254 g/mol. The number of anilines is 2. The van der Waals surface area contributed by atoms with Gasteiger partial charge in [0.05, 0.1) is 11.5 Å². The lowest BCUT2D eigenvalue weighted by Gasteiger charge is -2.07. The summed E-state index contributed by atoms with van der Waals surface area (Å²) in [5.74, 6) is -0.547. The third-order valence-corrected chi connectivity index (χ3v) is 1.97. The van der Waals surface area contributed by atoms with Gasteiger partial charge in [-0.15, -0.1) is 0 Å². The molecule has 0 atom stereocenters.